The Morgan fingerprint density at radius 3 is 2.45 bits per heavy atom. The van der Waals surface area contributed by atoms with Gasteiger partial charge in [-0.2, -0.15) is 0 Å². The quantitative estimate of drug-likeness (QED) is 0.381. The number of aromatic nitrogens is 2. The maximum atomic E-state index is 13.4. The molecular formula is C24H22BrN3O. The molecular weight excluding hydrogens is 426 g/mol. The van der Waals surface area contributed by atoms with Crippen LogP contribution in [0.3, 0.4) is 0 Å². The summed E-state index contributed by atoms with van der Waals surface area (Å²) in [5.41, 5.74) is 3.71. The normalized spacial score (nSPS) is 11.2. The van der Waals surface area contributed by atoms with Crippen LogP contribution < -0.4 is 4.90 Å². The second kappa shape index (κ2) is 8.21. The third-order valence-electron chi connectivity index (χ3n) is 4.85. The van der Waals surface area contributed by atoms with Crippen LogP contribution in [0.1, 0.15) is 13.8 Å². The number of para-hydroxylation sites is 3. The molecule has 3 aromatic carbocycles. The minimum absolute atomic E-state index is 0.0330. The molecule has 4 nitrogen and oxygen atoms in total. The molecule has 1 aromatic heterocycles. The van der Waals surface area contributed by atoms with Crippen molar-refractivity contribution < 1.29 is 4.79 Å². The molecule has 0 saturated carbocycles. The minimum atomic E-state index is 0.0330. The van der Waals surface area contributed by atoms with E-state index in [0.29, 0.717) is 0 Å². The molecule has 5 heteroatoms. The summed E-state index contributed by atoms with van der Waals surface area (Å²) in [6, 6.07) is 25.8. The van der Waals surface area contributed by atoms with Crippen molar-refractivity contribution in [2.75, 3.05) is 4.90 Å². The molecule has 4 aromatic rings. The summed E-state index contributed by atoms with van der Waals surface area (Å²) in [7, 11) is 0. The number of nitrogens with zero attached hydrogens (tertiary/aromatic N) is 3. The van der Waals surface area contributed by atoms with Gasteiger partial charge in [0.2, 0.25) is 5.91 Å². The second-order valence-electron chi connectivity index (χ2n) is 7.21. The van der Waals surface area contributed by atoms with E-state index in [2.05, 4.69) is 15.9 Å². The van der Waals surface area contributed by atoms with Crippen molar-refractivity contribution in [1.29, 1.82) is 0 Å². The van der Waals surface area contributed by atoms with Gasteiger partial charge in [-0.15, -0.1) is 0 Å². The Bertz CT molecular complexity index is 1150. The molecule has 0 aliphatic heterocycles. The lowest BCUT2D eigenvalue weighted by Gasteiger charge is -2.27. The number of halogens is 1. The van der Waals surface area contributed by atoms with E-state index in [4.69, 9.17) is 4.98 Å². The topological polar surface area (TPSA) is 38.1 Å². The summed E-state index contributed by atoms with van der Waals surface area (Å²) in [6.07, 6.45) is 0. The average Bonchev–Trinajstić information content (AvgIpc) is 3.07. The molecule has 0 aliphatic carbocycles. The summed E-state index contributed by atoms with van der Waals surface area (Å²) < 4.78 is 2.99. The monoisotopic (exact) mass is 447 g/mol. The first kappa shape index (κ1) is 19.4. The molecule has 29 heavy (non-hydrogen) atoms. The highest BCUT2D eigenvalue weighted by Crippen LogP contribution is 2.27. The molecule has 0 saturated heterocycles. The largest absolute Gasteiger partial charge is 0.314 e. The summed E-state index contributed by atoms with van der Waals surface area (Å²) >= 11 is 3.54. The van der Waals surface area contributed by atoms with Crippen molar-refractivity contribution in [2.45, 2.75) is 26.4 Å². The van der Waals surface area contributed by atoms with E-state index in [0.717, 1.165) is 32.6 Å². The van der Waals surface area contributed by atoms with Crippen LogP contribution in [0.2, 0.25) is 0 Å². The lowest BCUT2D eigenvalue weighted by Crippen LogP contribution is -2.39. The van der Waals surface area contributed by atoms with Crippen LogP contribution in [-0.2, 0) is 11.3 Å². The van der Waals surface area contributed by atoms with Crippen LogP contribution in [0, 0.1) is 0 Å². The molecule has 0 bridgehead atoms. The Kier molecular flexibility index (Phi) is 5.49. The van der Waals surface area contributed by atoms with Crippen LogP contribution in [0.15, 0.2) is 83.3 Å². The zero-order chi connectivity index (χ0) is 20.4. The van der Waals surface area contributed by atoms with Crippen LogP contribution in [0.25, 0.3) is 22.4 Å². The summed E-state index contributed by atoms with van der Waals surface area (Å²) in [6.45, 7) is 4.29. The number of carbonyl (C=O) groups is 1. The van der Waals surface area contributed by atoms with Gasteiger partial charge in [0, 0.05) is 21.8 Å². The van der Waals surface area contributed by atoms with E-state index in [9.17, 15) is 4.79 Å². The SMILES string of the molecule is CC(C)N(C(=O)Cn1c(-c2cccc(Br)c2)nc2ccccc21)c1ccccc1. The first-order valence-electron chi connectivity index (χ1n) is 9.63. The van der Waals surface area contributed by atoms with Gasteiger partial charge in [-0.25, -0.2) is 4.98 Å². The van der Waals surface area contributed by atoms with Gasteiger partial charge >= 0.3 is 0 Å². The van der Waals surface area contributed by atoms with Gasteiger partial charge < -0.3 is 9.47 Å². The Hall–Kier alpha value is -2.92. The maximum Gasteiger partial charge on any atom is 0.247 e. The van der Waals surface area contributed by atoms with Gasteiger partial charge in [0.15, 0.2) is 0 Å². The molecule has 0 radical (unpaired) electrons. The number of hydrogen-bond donors (Lipinski definition) is 0. The Balaban J connectivity index is 1.79. The Labute approximate surface area is 178 Å². The summed E-state index contributed by atoms with van der Waals surface area (Å²) in [4.78, 5) is 20.1. The number of imidazole rings is 1. The molecule has 0 aliphatic rings. The number of fused-ring (bicyclic) bond motifs is 1. The van der Waals surface area contributed by atoms with E-state index in [1.807, 2.05) is 102 Å². The first-order valence-corrected chi connectivity index (χ1v) is 10.4. The summed E-state index contributed by atoms with van der Waals surface area (Å²) in [5, 5.41) is 0. The molecule has 0 atom stereocenters. The first-order chi connectivity index (χ1) is 14.0. The van der Waals surface area contributed by atoms with Crippen molar-refractivity contribution in [3.8, 4) is 11.4 Å². The van der Waals surface area contributed by atoms with E-state index in [1.54, 1.807) is 0 Å². The predicted molar refractivity (Wildman–Crippen MR) is 122 cm³/mol. The second-order valence-corrected chi connectivity index (χ2v) is 8.13. The fourth-order valence-electron chi connectivity index (χ4n) is 3.61. The molecule has 0 unspecified atom stereocenters. The standard InChI is InChI=1S/C24H22BrN3O/c1-17(2)28(20-11-4-3-5-12-20)23(29)16-27-22-14-7-6-13-21(22)26-24(27)18-9-8-10-19(25)15-18/h3-15,17H,16H2,1-2H3. The van der Waals surface area contributed by atoms with Crippen molar-refractivity contribution in [2.24, 2.45) is 0 Å². The fraction of sp³-hybridized carbons (Fsp3) is 0.167. The number of rotatable bonds is 5. The smallest absolute Gasteiger partial charge is 0.247 e. The van der Waals surface area contributed by atoms with Gasteiger partial charge in [-0.1, -0.05) is 58.4 Å². The maximum absolute atomic E-state index is 13.4. The van der Waals surface area contributed by atoms with Gasteiger partial charge in [0.25, 0.3) is 0 Å². The van der Waals surface area contributed by atoms with Crippen molar-refractivity contribution in [3.05, 3.63) is 83.3 Å². The molecule has 0 N–H and O–H groups in total. The number of benzene rings is 3. The molecule has 1 heterocycles. The van der Waals surface area contributed by atoms with Crippen LogP contribution in [0.5, 0.6) is 0 Å². The zero-order valence-electron chi connectivity index (χ0n) is 16.4. The molecule has 4 rings (SSSR count). The molecule has 0 fully saturated rings. The highest BCUT2D eigenvalue weighted by molar-refractivity contribution is 9.10. The fourth-order valence-corrected chi connectivity index (χ4v) is 4.01. The highest BCUT2D eigenvalue weighted by atomic mass is 79.9. The third-order valence-corrected chi connectivity index (χ3v) is 5.34. The van der Waals surface area contributed by atoms with Gasteiger partial charge in [0.05, 0.1) is 11.0 Å². The van der Waals surface area contributed by atoms with Crippen LogP contribution in [0.4, 0.5) is 5.69 Å². The van der Waals surface area contributed by atoms with Gasteiger partial charge in [-0.3, -0.25) is 4.79 Å². The van der Waals surface area contributed by atoms with Crippen LogP contribution in [-0.4, -0.2) is 21.5 Å². The number of anilines is 1. The van der Waals surface area contributed by atoms with E-state index in [-0.39, 0.29) is 18.5 Å². The minimum Gasteiger partial charge on any atom is -0.314 e. The van der Waals surface area contributed by atoms with Crippen molar-refractivity contribution >= 4 is 38.6 Å². The summed E-state index contributed by atoms with van der Waals surface area (Å²) in [5.74, 6) is 0.822. The van der Waals surface area contributed by atoms with Crippen molar-refractivity contribution in [3.63, 3.8) is 0 Å². The predicted octanol–water partition coefficient (Wildman–Crippen LogP) is 5.91. The van der Waals surface area contributed by atoms with Gasteiger partial charge in [0.1, 0.15) is 12.4 Å². The Morgan fingerprint density at radius 2 is 1.72 bits per heavy atom. The lowest BCUT2D eigenvalue weighted by atomic mass is 10.2. The molecule has 1 amide bonds. The van der Waals surface area contributed by atoms with Gasteiger partial charge in [-0.05, 0) is 50.2 Å². The molecule has 146 valence electrons. The van der Waals surface area contributed by atoms with Crippen molar-refractivity contribution in [1.82, 2.24) is 9.55 Å². The zero-order valence-corrected chi connectivity index (χ0v) is 18.0. The average molecular weight is 448 g/mol. The number of carbonyl (C=O) groups excluding carboxylic acids is 1. The number of hydrogen-bond acceptors (Lipinski definition) is 2. The number of amides is 1. The van der Waals surface area contributed by atoms with Crippen LogP contribution >= 0.6 is 15.9 Å². The van der Waals surface area contributed by atoms with E-state index < -0.39 is 0 Å². The lowest BCUT2D eigenvalue weighted by molar-refractivity contribution is -0.119. The van der Waals surface area contributed by atoms with E-state index >= 15 is 0 Å². The molecule has 0 spiro atoms. The van der Waals surface area contributed by atoms with E-state index in [1.165, 1.54) is 0 Å². The third kappa shape index (κ3) is 3.96. The highest BCUT2D eigenvalue weighted by Gasteiger charge is 2.22. The Morgan fingerprint density at radius 1 is 1.00 bits per heavy atom.